The molecular formula is C30H42. The van der Waals surface area contributed by atoms with E-state index in [-0.39, 0.29) is 0 Å². The van der Waals surface area contributed by atoms with Gasteiger partial charge in [-0.05, 0) is 79.8 Å². The Bertz CT molecular complexity index is 772. The van der Waals surface area contributed by atoms with Crippen molar-refractivity contribution in [3.05, 3.63) is 65.8 Å². The predicted molar refractivity (Wildman–Crippen MR) is 131 cm³/mol. The first kappa shape index (κ1) is 21.7. The molecule has 0 aliphatic heterocycles. The van der Waals surface area contributed by atoms with Crippen molar-refractivity contribution < 1.29 is 0 Å². The highest BCUT2D eigenvalue weighted by Gasteiger charge is 2.42. The van der Waals surface area contributed by atoms with Gasteiger partial charge < -0.3 is 0 Å². The van der Waals surface area contributed by atoms with Crippen molar-refractivity contribution in [3.63, 3.8) is 0 Å². The Morgan fingerprint density at radius 2 is 1.77 bits per heavy atom. The van der Waals surface area contributed by atoms with Crippen molar-refractivity contribution >= 4 is 5.57 Å². The van der Waals surface area contributed by atoms with Crippen LogP contribution in [0.1, 0.15) is 90.5 Å². The smallest absolute Gasteiger partial charge is 0.0157 e. The molecule has 0 heterocycles. The van der Waals surface area contributed by atoms with Gasteiger partial charge in [0.25, 0.3) is 0 Å². The van der Waals surface area contributed by atoms with Crippen molar-refractivity contribution in [1.82, 2.24) is 0 Å². The molecule has 0 bridgehead atoms. The highest BCUT2D eigenvalue weighted by molar-refractivity contribution is 5.75. The van der Waals surface area contributed by atoms with E-state index in [0.717, 1.165) is 23.7 Å². The Balaban J connectivity index is 1.56. The van der Waals surface area contributed by atoms with Crippen molar-refractivity contribution in [2.45, 2.75) is 85.0 Å². The summed E-state index contributed by atoms with van der Waals surface area (Å²) in [5, 5.41) is 0. The summed E-state index contributed by atoms with van der Waals surface area (Å²) >= 11 is 0. The van der Waals surface area contributed by atoms with Crippen molar-refractivity contribution in [2.24, 2.45) is 29.1 Å². The van der Waals surface area contributed by atoms with Crippen LogP contribution in [0.25, 0.3) is 5.57 Å². The lowest BCUT2D eigenvalue weighted by molar-refractivity contribution is 0.171. The zero-order valence-electron chi connectivity index (χ0n) is 19.6. The van der Waals surface area contributed by atoms with E-state index >= 15 is 0 Å². The normalized spacial score (nSPS) is 33.0. The highest BCUT2D eigenvalue weighted by Crippen LogP contribution is 2.53. The number of hydrogen-bond donors (Lipinski definition) is 0. The second-order valence-corrected chi connectivity index (χ2v) is 10.7. The monoisotopic (exact) mass is 402 g/mol. The third-order valence-corrected chi connectivity index (χ3v) is 8.62. The lowest BCUT2D eigenvalue weighted by Crippen LogP contribution is -2.35. The van der Waals surface area contributed by atoms with Crippen LogP contribution >= 0.6 is 0 Å². The van der Waals surface area contributed by atoms with Gasteiger partial charge in [0.15, 0.2) is 0 Å². The lowest BCUT2D eigenvalue weighted by Gasteiger charge is -2.46. The lowest BCUT2D eigenvalue weighted by atomic mass is 9.58. The molecule has 0 aromatic heterocycles. The van der Waals surface area contributed by atoms with Crippen molar-refractivity contribution in [2.75, 3.05) is 0 Å². The number of benzene rings is 1. The van der Waals surface area contributed by atoms with Crippen LogP contribution in [0.2, 0.25) is 0 Å². The molecule has 3 aliphatic rings. The molecule has 1 aromatic carbocycles. The summed E-state index contributed by atoms with van der Waals surface area (Å²) in [4.78, 5) is 0. The fourth-order valence-corrected chi connectivity index (χ4v) is 6.34. The predicted octanol–water partition coefficient (Wildman–Crippen LogP) is 9.01. The minimum absolute atomic E-state index is 0.291. The maximum absolute atomic E-state index is 2.69. The van der Waals surface area contributed by atoms with Gasteiger partial charge in [0, 0.05) is 5.41 Å². The van der Waals surface area contributed by atoms with Gasteiger partial charge >= 0.3 is 0 Å². The molecule has 0 amide bonds. The molecule has 0 radical (unpaired) electrons. The summed E-state index contributed by atoms with van der Waals surface area (Å²) < 4.78 is 0. The van der Waals surface area contributed by atoms with Crippen LogP contribution in [0, 0.1) is 29.1 Å². The number of hydrogen-bond acceptors (Lipinski definition) is 0. The Kier molecular flexibility index (Phi) is 7.01. The van der Waals surface area contributed by atoms with E-state index in [1.54, 1.807) is 5.57 Å². The van der Waals surface area contributed by atoms with Gasteiger partial charge in [0.1, 0.15) is 0 Å². The van der Waals surface area contributed by atoms with E-state index in [4.69, 9.17) is 0 Å². The zero-order valence-corrected chi connectivity index (χ0v) is 19.6. The second kappa shape index (κ2) is 9.71. The number of allylic oxidation sites excluding steroid dienone is 6. The molecule has 1 aromatic rings. The molecule has 1 fully saturated rings. The summed E-state index contributed by atoms with van der Waals surface area (Å²) in [6, 6.07) is 11.0. The minimum Gasteiger partial charge on any atom is -0.0842 e. The van der Waals surface area contributed by atoms with Crippen LogP contribution < -0.4 is 0 Å². The highest BCUT2D eigenvalue weighted by atomic mass is 14.5. The van der Waals surface area contributed by atoms with Crippen LogP contribution in [-0.4, -0.2) is 0 Å². The molecule has 162 valence electrons. The average Bonchev–Trinajstić information content (AvgIpc) is 2.80. The van der Waals surface area contributed by atoms with E-state index < -0.39 is 0 Å². The summed E-state index contributed by atoms with van der Waals surface area (Å²) in [6.45, 7) is 7.23. The van der Waals surface area contributed by atoms with Crippen LogP contribution in [0.3, 0.4) is 0 Å². The Morgan fingerprint density at radius 1 is 1.00 bits per heavy atom. The van der Waals surface area contributed by atoms with E-state index in [1.165, 1.54) is 75.3 Å². The quantitative estimate of drug-likeness (QED) is 0.416. The van der Waals surface area contributed by atoms with E-state index in [1.807, 2.05) is 0 Å². The fourth-order valence-electron chi connectivity index (χ4n) is 6.34. The molecule has 0 N–H and O–H groups in total. The summed E-state index contributed by atoms with van der Waals surface area (Å²) in [7, 11) is 0. The van der Waals surface area contributed by atoms with Crippen LogP contribution in [-0.2, 0) is 0 Å². The van der Waals surface area contributed by atoms with Crippen molar-refractivity contribution in [1.29, 1.82) is 0 Å². The maximum Gasteiger partial charge on any atom is 0.0157 e. The Labute approximate surface area is 185 Å². The van der Waals surface area contributed by atoms with Gasteiger partial charge in [-0.2, -0.15) is 0 Å². The van der Waals surface area contributed by atoms with Gasteiger partial charge in [-0.25, -0.2) is 0 Å². The molecule has 3 atom stereocenters. The summed E-state index contributed by atoms with van der Waals surface area (Å²) in [5.74, 6) is 3.54. The molecule has 0 spiro atoms. The topological polar surface area (TPSA) is 0 Å². The van der Waals surface area contributed by atoms with Crippen molar-refractivity contribution in [3.8, 4) is 0 Å². The summed E-state index contributed by atoms with van der Waals surface area (Å²) in [5.41, 5.74) is 4.86. The third-order valence-electron chi connectivity index (χ3n) is 8.62. The molecule has 1 saturated carbocycles. The standard InChI is InChI=1S/C30H42/c1-4-23(2)22-25-12-16-29(17-13-25)30(28-14-10-24(3)11-15-28)20-18-27(19-21-30)26-8-6-5-7-9-26/h5-9,16,18-20,23-25,28H,4,10-15,17,21-22H2,1-3H3. The first-order valence-corrected chi connectivity index (χ1v) is 12.7. The van der Waals surface area contributed by atoms with Gasteiger partial charge in [0.2, 0.25) is 0 Å². The van der Waals surface area contributed by atoms with Crippen LogP contribution in [0.15, 0.2) is 60.2 Å². The van der Waals surface area contributed by atoms with Gasteiger partial charge in [-0.15, -0.1) is 0 Å². The second-order valence-electron chi connectivity index (χ2n) is 10.7. The Morgan fingerprint density at radius 3 is 2.37 bits per heavy atom. The average molecular weight is 403 g/mol. The largest absolute Gasteiger partial charge is 0.0842 e. The molecule has 3 aliphatic carbocycles. The number of rotatable bonds is 6. The molecule has 0 saturated heterocycles. The first-order valence-electron chi connectivity index (χ1n) is 12.7. The minimum atomic E-state index is 0.291. The van der Waals surface area contributed by atoms with Gasteiger partial charge in [-0.1, -0.05) is 100 Å². The molecule has 3 unspecified atom stereocenters. The third kappa shape index (κ3) is 4.68. The SMILES string of the molecule is CCC(C)CC1CC=C(C2(C3CCC(C)CC3)C=CC(c3ccccc3)=CC2)CC1. The van der Waals surface area contributed by atoms with Crippen LogP contribution in [0.5, 0.6) is 0 Å². The zero-order chi connectivity index (χ0) is 21.0. The van der Waals surface area contributed by atoms with Gasteiger partial charge in [0.05, 0.1) is 0 Å². The molecule has 30 heavy (non-hydrogen) atoms. The molecule has 4 rings (SSSR count). The first-order chi connectivity index (χ1) is 14.6. The van der Waals surface area contributed by atoms with E-state index in [0.29, 0.717) is 5.41 Å². The van der Waals surface area contributed by atoms with E-state index in [9.17, 15) is 0 Å². The van der Waals surface area contributed by atoms with Gasteiger partial charge in [-0.3, -0.25) is 0 Å². The van der Waals surface area contributed by atoms with E-state index in [2.05, 4.69) is 75.4 Å². The Hall–Kier alpha value is -1.56. The molecule has 0 nitrogen and oxygen atoms in total. The summed E-state index contributed by atoms with van der Waals surface area (Å²) in [6.07, 6.45) is 24.0. The molecular weight excluding hydrogens is 360 g/mol. The fraction of sp³-hybridized carbons (Fsp3) is 0.600. The maximum atomic E-state index is 2.69. The molecule has 0 heteroatoms. The van der Waals surface area contributed by atoms with Crippen LogP contribution in [0.4, 0.5) is 0 Å².